The zero-order valence-electron chi connectivity index (χ0n) is 5.11. The van der Waals surface area contributed by atoms with Crippen LogP contribution in [0.15, 0.2) is 29.7 Å². The molecule has 0 N–H and O–H groups in total. The van der Waals surface area contributed by atoms with Gasteiger partial charge in [0.25, 0.3) is 5.88 Å². The molecule has 1 rings (SSSR count). The van der Waals surface area contributed by atoms with E-state index in [-0.39, 0.29) is 5.88 Å². The summed E-state index contributed by atoms with van der Waals surface area (Å²) in [6, 6.07) is 0. The summed E-state index contributed by atoms with van der Waals surface area (Å²) in [6.45, 7) is 3.21. The molecular formula is C6H5NO3. The minimum absolute atomic E-state index is 0.143. The van der Waals surface area contributed by atoms with E-state index in [2.05, 4.69) is 20.7 Å². The highest BCUT2D eigenvalue weighted by Crippen LogP contribution is 2.03. The molecule has 1 aromatic heterocycles. The van der Waals surface area contributed by atoms with Gasteiger partial charge >= 0.3 is 5.97 Å². The number of nitrogens with zero attached hydrogens (tertiary/aromatic N) is 1. The van der Waals surface area contributed by atoms with E-state index in [1.807, 2.05) is 0 Å². The van der Waals surface area contributed by atoms with Gasteiger partial charge in [-0.05, 0) is 0 Å². The van der Waals surface area contributed by atoms with E-state index in [1.54, 1.807) is 0 Å². The monoisotopic (exact) mass is 139 g/mol. The van der Waals surface area contributed by atoms with Gasteiger partial charge in [-0.1, -0.05) is 6.58 Å². The summed E-state index contributed by atoms with van der Waals surface area (Å²) in [6.07, 6.45) is 3.45. The summed E-state index contributed by atoms with van der Waals surface area (Å²) in [5, 5.41) is 0. The van der Waals surface area contributed by atoms with Crippen LogP contribution < -0.4 is 4.74 Å². The average molecular weight is 139 g/mol. The van der Waals surface area contributed by atoms with Crippen LogP contribution in [0.5, 0.6) is 5.88 Å². The molecule has 0 aliphatic heterocycles. The molecule has 0 fully saturated rings. The minimum atomic E-state index is -0.547. The number of ether oxygens (including phenoxy) is 1. The Morgan fingerprint density at radius 1 is 1.90 bits per heavy atom. The van der Waals surface area contributed by atoms with Crippen LogP contribution in [0.1, 0.15) is 0 Å². The van der Waals surface area contributed by atoms with Crippen molar-refractivity contribution < 1.29 is 13.9 Å². The second kappa shape index (κ2) is 2.82. The third kappa shape index (κ3) is 1.45. The van der Waals surface area contributed by atoms with Gasteiger partial charge in [-0.3, -0.25) is 0 Å². The number of hydrogen-bond donors (Lipinski definition) is 0. The first kappa shape index (κ1) is 6.54. The van der Waals surface area contributed by atoms with Crippen LogP contribution in [-0.4, -0.2) is 11.0 Å². The molecule has 0 aromatic carbocycles. The molecule has 4 nitrogen and oxygen atoms in total. The largest absolute Gasteiger partial charge is 0.448 e. The summed E-state index contributed by atoms with van der Waals surface area (Å²) in [7, 11) is 0. The highest BCUT2D eigenvalue weighted by atomic mass is 16.5. The fourth-order valence-electron chi connectivity index (χ4n) is 0.397. The molecule has 0 saturated carbocycles. The molecule has 4 heteroatoms. The first-order valence-electron chi connectivity index (χ1n) is 2.55. The van der Waals surface area contributed by atoms with Crippen LogP contribution in [-0.2, 0) is 4.79 Å². The fraction of sp³-hybridized carbons (Fsp3) is 0. The summed E-state index contributed by atoms with van der Waals surface area (Å²) in [5.74, 6) is -0.404. The van der Waals surface area contributed by atoms with E-state index in [0.29, 0.717) is 0 Å². The lowest BCUT2D eigenvalue weighted by Gasteiger charge is -1.90. The number of carbonyl (C=O) groups is 1. The van der Waals surface area contributed by atoms with E-state index < -0.39 is 5.97 Å². The third-order valence-corrected chi connectivity index (χ3v) is 0.781. The van der Waals surface area contributed by atoms with Gasteiger partial charge in [0.05, 0.1) is 0 Å². The van der Waals surface area contributed by atoms with Gasteiger partial charge in [0.2, 0.25) is 0 Å². The molecule has 0 atom stereocenters. The molecule has 1 heterocycles. The molecule has 0 unspecified atom stereocenters. The maximum Gasteiger partial charge on any atom is 0.336 e. The van der Waals surface area contributed by atoms with E-state index in [0.717, 1.165) is 6.08 Å². The molecule has 1 aromatic rings. The summed E-state index contributed by atoms with van der Waals surface area (Å²) < 4.78 is 9.08. The molecule has 0 radical (unpaired) electrons. The number of aromatic nitrogens is 1. The minimum Gasteiger partial charge on any atom is -0.448 e. The van der Waals surface area contributed by atoms with E-state index >= 15 is 0 Å². The van der Waals surface area contributed by atoms with E-state index in [1.165, 1.54) is 12.7 Å². The first-order chi connectivity index (χ1) is 4.83. The lowest BCUT2D eigenvalue weighted by atomic mass is 10.6. The molecule has 0 amide bonds. The van der Waals surface area contributed by atoms with Gasteiger partial charge in [-0.15, -0.1) is 0 Å². The van der Waals surface area contributed by atoms with E-state index in [4.69, 9.17) is 0 Å². The van der Waals surface area contributed by atoms with Crippen molar-refractivity contribution in [3.05, 3.63) is 25.3 Å². The molecular weight excluding hydrogens is 134 g/mol. The van der Waals surface area contributed by atoms with Gasteiger partial charge in [-0.2, -0.15) is 4.98 Å². The Balaban J connectivity index is 2.56. The lowest BCUT2D eigenvalue weighted by molar-refractivity contribution is -0.129. The maximum absolute atomic E-state index is 10.5. The maximum atomic E-state index is 10.5. The molecule has 0 bridgehead atoms. The second-order valence-corrected chi connectivity index (χ2v) is 1.45. The fourth-order valence-corrected chi connectivity index (χ4v) is 0.397. The standard InChI is InChI=1S/C6H5NO3/c1-2-6(8)10-5-3-9-4-7-5/h2-4H,1H2. The molecule has 10 heavy (non-hydrogen) atoms. The van der Waals surface area contributed by atoms with E-state index in [9.17, 15) is 4.79 Å². The van der Waals surface area contributed by atoms with Gasteiger partial charge in [0.15, 0.2) is 12.7 Å². The van der Waals surface area contributed by atoms with Crippen molar-refractivity contribution in [3.63, 3.8) is 0 Å². The lowest BCUT2D eigenvalue weighted by Crippen LogP contribution is -2.02. The van der Waals surface area contributed by atoms with Gasteiger partial charge < -0.3 is 9.15 Å². The SMILES string of the molecule is C=CC(=O)Oc1cocn1. The first-order valence-corrected chi connectivity index (χ1v) is 2.55. The predicted octanol–water partition coefficient (Wildman–Crippen LogP) is 0.766. The van der Waals surface area contributed by atoms with Crippen LogP contribution in [0, 0.1) is 0 Å². The van der Waals surface area contributed by atoms with Crippen molar-refractivity contribution in [1.82, 2.24) is 4.98 Å². The zero-order valence-corrected chi connectivity index (χ0v) is 5.11. The normalized spacial score (nSPS) is 8.80. The quantitative estimate of drug-likeness (QED) is 0.448. The Kier molecular flexibility index (Phi) is 1.84. The number of oxazole rings is 1. The Morgan fingerprint density at radius 2 is 2.70 bits per heavy atom. The van der Waals surface area contributed by atoms with Crippen molar-refractivity contribution in [2.75, 3.05) is 0 Å². The summed E-state index contributed by atoms with van der Waals surface area (Å²) in [4.78, 5) is 14.0. The Bertz CT molecular complexity index is 227. The summed E-state index contributed by atoms with van der Waals surface area (Å²) >= 11 is 0. The van der Waals surface area contributed by atoms with Crippen molar-refractivity contribution in [2.45, 2.75) is 0 Å². The smallest absolute Gasteiger partial charge is 0.336 e. The van der Waals surface area contributed by atoms with Gasteiger partial charge in [0, 0.05) is 6.08 Å². The van der Waals surface area contributed by atoms with Crippen LogP contribution in [0.3, 0.4) is 0 Å². The van der Waals surface area contributed by atoms with Crippen molar-refractivity contribution in [1.29, 1.82) is 0 Å². The van der Waals surface area contributed by atoms with Crippen LogP contribution in [0.2, 0.25) is 0 Å². The van der Waals surface area contributed by atoms with Gasteiger partial charge in [-0.25, -0.2) is 4.79 Å². The molecule has 0 spiro atoms. The molecule has 0 aliphatic rings. The highest BCUT2D eigenvalue weighted by Gasteiger charge is 1.99. The predicted molar refractivity (Wildman–Crippen MR) is 32.3 cm³/mol. The van der Waals surface area contributed by atoms with Gasteiger partial charge in [0.1, 0.15) is 0 Å². The summed E-state index contributed by atoms with van der Waals surface area (Å²) in [5.41, 5.74) is 0. The zero-order chi connectivity index (χ0) is 7.40. The topological polar surface area (TPSA) is 52.3 Å². The van der Waals surface area contributed by atoms with Crippen LogP contribution in [0.4, 0.5) is 0 Å². The third-order valence-electron chi connectivity index (χ3n) is 0.781. The van der Waals surface area contributed by atoms with Crippen molar-refractivity contribution in [2.24, 2.45) is 0 Å². The number of carbonyl (C=O) groups excluding carboxylic acids is 1. The van der Waals surface area contributed by atoms with Crippen molar-refractivity contribution >= 4 is 5.97 Å². The number of esters is 1. The molecule has 0 aliphatic carbocycles. The Hall–Kier alpha value is -1.58. The molecule has 0 saturated heterocycles. The van der Waals surface area contributed by atoms with Crippen molar-refractivity contribution in [3.8, 4) is 5.88 Å². The van der Waals surface area contributed by atoms with Crippen LogP contribution >= 0.6 is 0 Å². The Morgan fingerprint density at radius 3 is 3.20 bits per heavy atom. The molecule has 52 valence electrons. The second-order valence-electron chi connectivity index (χ2n) is 1.45. The average Bonchev–Trinajstić information content (AvgIpc) is 2.40. The number of hydrogen-bond acceptors (Lipinski definition) is 4. The van der Waals surface area contributed by atoms with Crippen LogP contribution in [0.25, 0.3) is 0 Å². The number of rotatable bonds is 2. The Labute approximate surface area is 57.1 Å². The highest BCUT2D eigenvalue weighted by molar-refractivity contribution is 5.82.